The Kier molecular flexibility index (Phi) is 14.7. The Morgan fingerprint density at radius 2 is 1.30 bits per heavy atom. The standard InChI is InChI=1S/C19H24N2O4S.C15H21NO4/c1-19(2,3)25-18(23)21(11-15-12-26-13-20-15)16(17(22)24-4)10-14-8-6-5-7-9-14;1-15(2,3)20-14(18)16-12(13(17)19-4)10-11-8-6-5-7-9-11/h5-9,12-13,16H,10-11H2,1-4H3;5-9,12H,10H2,1-4H3,(H,16,18)/t16-;12-/m00/s1. The normalized spacial score (nSPS) is 12.3. The third kappa shape index (κ3) is 14.1. The van der Waals surface area contributed by atoms with Crippen LogP contribution < -0.4 is 5.32 Å². The van der Waals surface area contributed by atoms with E-state index >= 15 is 0 Å². The molecule has 0 saturated heterocycles. The van der Waals surface area contributed by atoms with Crippen LogP contribution in [0.25, 0.3) is 0 Å². The Morgan fingerprint density at radius 1 is 0.783 bits per heavy atom. The van der Waals surface area contributed by atoms with Gasteiger partial charge in [0.25, 0.3) is 0 Å². The fraction of sp³-hybridized carbons (Fsp3) is 0.441. The van der Waals surface area contributed by atoms with E-state index in [1.807, 2.05) is 66.0 Å². The van der Waals surface area contributed by atoms with Gasteiger partial charge in [0.15, 0.2) is 0 Å². The topological polar surface area (TPSA) is 133 Å². The van der Waals surface area contributed by atoms with Gasteiger partial charge >= 0.3 is 24.1 Å². The van der Waals surface area contributed by atoms with Crippen LogP contribution >= 0.6 is 11.3 Å². The molecular weight excluding hydrogens is 610 g/mol. The van der Waals surface area contributed by atoms with Crippen molar-refractivity contribution in [2.75, 3.05) is 14.2 Å². The largest absolute Gasteiger partial charge is 0.467 e. The number of hydrogen-bond donors (Lipinski definition) is 1. The smallest absolute Gasteiger partial charge is 0.411 e. The lowest BCUT2D eigenvalue weighted by Gasteiger charge is -2.31. The van der Waals surface area contributed by atoms with Crippen LogP contribution in [0.3, 0.4) is 0 Å². The van der Waals surface area contributed by atoms with E-state index in [-0.39, 0.29) is 6.54 Å². The number of aromatic nitrogens is 1. The van der Waals surface area contributed by atoms with Gasteiger partial charge in [0, 0.05) is 18.2 Å². The predicted molar refractivity (Wildman–Crippen MR) is 175 cm³/mol. The number of methoxy groups -OCH3 is 2. The molecule has 3 aromatic rings. The summed E-state index contributed by atoms with van der Waals surface area (Å²) in [5.41, 5.74) is 2.95. The maximum Gasteiger partial charge on any atom is 0.411 e. The van der Waals surface area contributed by atoms with Gasteiger partial charge in [-0.2, -0.15) is 0 Å². The van der Waals surface area contributed by atoms with E-state index in [0.29, 0.717) is 18.5 Å². The van der Waals surface area contributed by atoms with Gasteiger partial charge in [-0.3, -0.25) is 4.90 Å². The third-order valence-electron chi connectivity index (χ3n) is 6.02. The summed E-state index contributed by atoms with van der Waals surface area (Å²) in [4.78, 5) is 54.4. The van der Waals surface area contributed by atoms with E-state index in [2.05, 4.69) is 10.3 Å². The van der Waals surface area contributed by atoms with Crippen molar-refractivity contribution < 1.29 is 38.1 Å². The maximum atomic E-state index is 12.8. The predicted octanol–water partition coefficient (Wildman–Crippen LogP) is 5.96. The number of nitrogens with zero attached hydrogens (tertiary/aromatic N) is 2. The zero-order valence-corrected chi connectivity index (χ0v) is 28.6. The molecule has 2 aromatic carbocycles. The Hall–Kier alpha value is -4.45. The Labute approximate surface area is 275 Å². The third-order valence-corrected chi connectivity index (χ3v) is 6.66. The number of carbonyl (C=O) groups excluding carboxylic acids is 4. The van der Waals surface area contributed by atoms with Crippen LogP contribution in [-0.4, -0.2) is 71.5 Å². The molecule has 0 aliphatic rings. The van der Waals surface area contributed by atoms with E-state index in [4.69, 9.17) is 18.9 Å². The zero-order chi connectivity index (χ0) is 34.3. The van der Waals surface area contributed by atoms with Crippen LogP contribution in [0, 0.1) is 0 Å². The van der Waals surface area contributed by atoms with Crippen LogP contribution in [-0.2, 0) is 47.9 Å². The highest BCUT2D eigenvalue weighted by Crippen LogP contribution is 2.19. The lowest BCUT2D eigenvalue weighted by atomic mass is 10.0. The van der Waals surface area contributed by atoms with E-state index in [1.54, 1.807) is 47.1 Å². The molecule has 0 spiro atoms. The number of thiazole rings is 1. The Morgan fingerprint density at radius 3 is 1.76 bits per heavy atom. The van der Waals surface area contributed by atoms with Crippen molar-refractivity contribution in [2.45, 2.75) is 84.2 Å². The number of carbonyl (C=O) groups is 4. The number of hydrogen-bond acceptors (Lipinski definition) is 10. The summed E-state index contributed by atoms with van der Waals surface area (Å²) in [6.07, 6.45) is -0.524. The van der Waals surface area contributed by atoms with Gasteiger partial charge in [0.1, 0.15) is 23.3 Å². The van der Waals surface area contributed by atoms with E-state index in [0.717, 1.165) is 11.1 Å². The van der Waals surface area contributed by atoms with Gasteiger partial charge in [0.05, 0.1) is 32.0 Å². The minimum Gasteiger partial charge on any atom is -0.467 e. The van der Waals surface area contributed by atoms with Crippen molar-refractivity contribution >= 4 is 35.5 Å². The molecule has 0 aliphatic carbocycles. The summed E-state index contributed by atoms with van der Waals surface area (Å²) >= 11 is 1.43. The number of esters is 2. The van der Waals surface area contributed by atoms with Crippen molar-refractivity contribution in [3.8, 4) is 0 Å². The molecule has 46 heavy (non-hydrogen) atoms. The number of ether oxygens (including phenoxy) is 4. The van der Waals surface area contributed by atoms with Gasteiger partial charge < -0.3 is 24.3 Å². The first-order valence-electron chi connectivity index (χ1n) is 14.7. The maximum absolute atomic E-state index is 12.8. The fourth-order valence-corrected chi connectivity index (χ4v) is 4.59. The van der Waals surface area contributed by atoms with E-state index in [9.17, 15) is 19.2 Å². The van der Waals surface area contributed by atoms with Gasteiger partial charge in [-0.25, -0.2) is 24.2 Å². The second-order valence-corrected chi connectivity index (χ2v) is 12.9. The summed E-state index contributed by atoms with van der Waals surface area (Å²) in [6, 6.07) is 17.3. The minimum absolute atomic E-state index is 0.172. The summed E-state index contributed by atoms with van der Waals surface area (Å²) in [5.74, 6) is -0.991. The number of nitrogens with one attached hydrogen (secondary N) is 1. The van der Waals surface area contributed by atoms with Crippen molar-refractivity contribution in [3.05, 3.63) is 88.4 Å². The number of rotatable bonds is 10. The quantitative estimate of drug-likeness (QED) is 0.207. The highest BCUT2D eigenvalue weighted by Gasteiger charge is 2.34. The van der Waals surface area contributed by atoms with Crippen LogP contribution in [0.2, 0.25) is 0 Å². The number of amides is 2. The molecule has 2 atom stereocenters. The summed E-state index contributed by atoms with van der Waals surface area (Å²) in [5, 5.41) is 4.38. The van der Waals surface area contributed by atoms with Gasteiger partial charge in [-0.1, -0.05) is 60.7 Å². The fourth-order valence-electron chi connectivity index (χ4n) is 4.04. The van der Waals surface area contributed by atoms with Crippen molar-refractivity contribution in [2.24, 2.45) is 0 Å². The van der Waals surface area contributed by atoms with Crippen LogP contribution in [0.5, 0.6) is 0 Å². The zero-order valence-electron chi connectivity index (χ0n) is 27.8. The molecular formula is C34H45N3O8S. The molecule has 250 valence electrons. The average Bonchev–Trinajstić information content (AvgIpc) is 3.51. The van der Waals surface area contributed by atoms with Gasteiger partial charge in [-0.05, 0) is 52.7 Å². The molecule has 0 aliphatic heterocycles. The minimum atomic E-state index is -0.807. The summed E-state index contributed by atoms with van der Waals surface area (Å²) in [7, 11) is 2.60. The Bertz CT molecular complexity index is 1370. The molecule has 0 fully saturated rings. The summed E-state index contributed by atoms with van der Waals surface area (Å²) in [6.45, 7) is 10.8. The van der Waals surface area contributed by atoms with Crippen LogP contribution in [0.1, 0.15) is 58.4 Å². The molecule has 11 nitrogen and oxygen atoms in total. The van der Waals surface area contributed by atoms with Crippen molar-refractivity contribution in [1.29, 1.82) is 0 Å². The van der Waals surface area contributed by atoms with E-state index < -0.39 is 47.4 Å². The highest BCUT2D eigenvalue weighted by molar-refractivity contribution is 7.07. The first-order valence-corrected chi connectivity index (χ1v) is 15.7. The molecule has 0 bridgehead atoms. The first-order chi connectivity index (χ1) is 21.6. The molecule has 0 unspecified atom stereocenters. The van der Waals surface area contributed by atoms with Crippen molar-refractivity contribution in [3.63, 3.8) is 0 Å². The molecule has 0 radical (unpaired) electrons. The van der Waals surface area contributed by atoms with Crippen LogP contribution in [0.4, 0.5) is 9.59 Å². The van der Waals surface area contributed by atoms with Gasteiger partial charge in [0.2, 0.25) is 0 Å². The van der Waals surface area contributed by atoms with Crippen molar-refractivity contribution in [1.82, 2.24) is 15.2 Å². The molecule has 1 aromatic heterocycles. The highest BCUT2D eigenvalue weighted by atomic mass is 32.1. The lowest BCUT2D eigenvalue weighted by Crippen LogP contribution is -2.48. The number of alkyl carbamates (subject to hydrolysis) is 1. The molecule has 2 amide bonds. The lowest BCUT2D eigenvalue weighted by molar-refractivity contribution is -0.147. The molecule has 0 saturated carbocycles. The SMILES string of the molecule is COC(=O)[C@H](Cc1ccccc1)N(Cc1cscn1)C(=O)OC(C)(C)C.COC(=O)[C@H](Cc1ccccc1)NC(=O)OC(C)(C)C. The second kappa shape index (κ2) is 17.9. The average molecular weight is 656 g/mol. The monoisotopic (exact) mass is 655 g/mol. The van der Waals surface area contributed by atoms with E-state index in [1.165, 1.54) is 30.5 Å². The van der Waals surface area contributed by atoms with Gasteiger partial charge in [-0.15, -0.1) is 11.3 Å². The second-order valence-electron chi connectivity index (χ2n) is 12.2. The molecule has 3 rings (SSSR count). The summed E-state index contributed by atoms with van der Waals surface area (Å²) < 4.78 is 20.3. The Balaban J connectivity index is 0.000000332. The first kappa shape index (κ1) is 37.7. The number of benzene rings is 2. The van der Waals surface area contributed by atoms with Crippen LogP contribution in [0.15, 0.2) is 71.6 Å². The molecule has 12 heteroatoms. The molecule has 1 heterocycles. The molecule has 1 N–H and O–H groups in total.